The standard InChI is InChI=1S/C21H43.2BrH.Mg/c1-4-7-9-11-13-14-16-18-20-21(6-3)19-17-15-12-10-8-5-2;;;/h21H,3-20H2,1-2H3;2*1H;/q;;;+2/p-2. The number of unbranched alkanes of at least 4 members (excludes halogenated alkanes) is 12. The van der Waals surface area contributed by atoms with Crippen LogP contribution in [0, 0.1) is 12.8 Å². The number of hydrogen-bond acceptors (Lipinski definition) is 0. The second kappa shape index (κ2) is 27.0. The first-order valence-corrected chi connectivity index (χ1v) is 18.5. The van der Waals surface area contributed by atoms with Gasteiger partial charge in [-0.3, -0.25) is 25.8 Å². The molecule has 1 atom stereocenters. The van der Waals surface area contributed by atoms with Gasteiger partial charge in [0, 0.05) is 0 Å². The van der Waals surface area contributed by atoms with Crippen molar-refractivity contribution in [2.24, 2.45) is 5.92 Å². The van der Waals surface area contributed by atoms with Crippen LogP contribution in [0.1, 0.15) is 123 Å². The maximum atomic E-state index is 4.16. The van der Waals surface area contributed by atoms with Gasteiger partial charge in [0.1, 0.15) is 0 Å². The molecular weight excluding hydrogens is 436 g/mol. The predicted octanol–water partition coefficient (Wildman–Crippen LogP) is 9.42. The highest BCUT2D eigenvalue weighted by Crippen LogP contribution is 2.21. The maximum absolute atomic E-state index is 4.16. The zero-order valence-electron chi connectivity index (χ0n) is 16.8. The summed E-state index contributed by atoms with van der Waals surface area (Å²) in [4.78, 5) is 0. The molecule has 0 aliphatic rings. The highest BCUT2D eigenvalue weighted by Gasteiger charge is 2.05. The second-order valence-corrected chi connectivity index (χ2v) is 15.2. The van der Waals surface area contributed by atoms with Crippen molar-refractivity contribution in [3.8, 4) is 0 Å². The average molecular weight is 480 g/mol. The smallest absolute Gasteiger partial charge is 0.280 e. The van der Waals surface area contributed by atoms with Crippen LogP contribution in [0.25, 0.3) is 0 Å². The summed E-state index contributed by atoms with van der Waals surface area (Å²) in [5.74, 6) is 0.913. The zero-order valence-corrected chi connectivity index (χ0v) is 21.4. The molecule has 0 nitrogen and oxygen atoms in total. The van der Waals surface area contributed by atoms with Crippen LogP contribution < -0.4 is 0 Å². The molecule has 0 aromatic rings. The van der Waals surface area contributed by atoms with E-state index in [1.165, 1.54) is 103 Å². The van der Waals surface area contributed by atoms with E-state index in [4.69, 9.17) is 0 Å². The van der Waals surface area contributed by atoms with Crippen molar-refractivity contribution in [2.45, 2.75) is 123 Å². The van der Waals surface area contributed by atoms with Crippen LogP contribution in [-0.4, -0.2) is 16.0 Å². The fraction of sp³-hybridized carbons (Fsp3) is 0.952. The Morgan fingerprint density at radius 3 is 1.21 bits per heavy atom. The molecular formula is C21H43Br2Mg. The van der Waals surface area contributed by atoms with Crippen molar-refractivity contribution >= 4 is 41.8 Å². The Balaban J connectivity index is 0. The highest BCUT2D eigenvalue weighted by atomic mass is 79.9. The van der Waals surface area contributed by atoms with E-state index in [0.717, 1.165) is 12.3 Å². The number of rotatable bonds is 17. The molecule has 0 saturated carbocycles. The molecule has 0 aromatic heterocycles. The molecule has 0 bridgehead atoms. The van der Waals surface area contributed by atoms with E-state index < -0.39 is 0 Å². The van der Waals surface area contributed by atoms with Gasteiger partial charge in [0.2, 0.25) is 0 Å². The molecule has 0 spiro atoms. The van der Waals surface area contributed by atoms with Crippen molar-refractivity contribution in [3.63, 3.8) is 0 Å². The van der Waals surface area contributed by atoms with Gasteiger partial charge in [-0.25, -0.2) is 0 Å². The Morgan fingerprint density at radius 2 is 0.917 bits per heavy atom. The molecule has 0 heterocycles. The van der Waals surface area contributed by atoms with E-state index in [9.17, 15) is 0 Å². The van der Waals surface area contributed by atoms with Crippen LogP contribution in [0.5, 0.6) is 0 Å². The Labute approximate surface area is 176 Å². The molecule has 0 aromatic carbocycles. The fourth-order valence-corrected chi connectivity index (χ4v) is 3.21. The summed E-state index contributed by atoms with van der Waals surface area (Å²) in [7, 11) is 0. The minimum absolute atomic E-state index is 0.0417. The minimum atomic E-state index is 0.0417. The van der Waals surface area contributed by atoms with Crippen molar-refractivity contribution in [2.75, 3.05) is 0 Å². The summed E-state index contributed by atoms with van der Waals surface area (Å²) in [6.07, 6.45) is 24.2. The molecule has 3 heteroatoms. The van der Waals surface area contributed by atoms with E-state index in [0.29, 0.717) is 0 Å². The van der Waals surface area contributed by atoms with Crippen LogP contribution in [0.3, 0.4) is 0 Å². The normalized spacial score (nSPS) is 11.5. The van der Waals surface area contributed by atoms with Crippen LogP contribution in [0.15, 0.2) is 0 Å². The Morgan fingerprint density at radius 1 is 0.625 bits per heavy atom. The largest absolute Gasteiger partial charge is 0.560 e. The predicted molar refractivity (Wildman–Crippen MR) is 122 cm³/mol. The van der Waals surface area contributed by atoms with Crippen molar-refractivity contribution in [1.82, 2.24) is 0 Å². The summed E-state index contributed by atoms with van der Waals surface area (Å²) in [6.45, 7) is 8.75. The van der Waals surface area contributed by atoms with E-state index in [2.05, 4.69) is 46.5 Å². The quantitative estimate of drug-likeness (QED) is 0.144. The van der Waals surface area contributed by atoms with E-state index in [1.807, 2.05) is 0 Å². The van der Waals surface area contributed by atoms with Gasteiger partial charge < -0.3 is 0 Å². The van der Waals surface area contributed by atoms with Crippen molar-refractivity contribution in [3.05, 3.63) is 6.92 Å². The second-order valence-electron chi connectivity index (χ2n) is 7.08. The molecule has 0 amide bonds. The lowest BCUT2D eigenvalue weighted by atomic mass is 9.92. The van der Waals surface area contributed by atoms with Gasteiger partial charge >= 0.3 is 16.0 Å². The molecule has 0 aliphatic heterocycles. The minimum Gasteiger partial charge on any atom is -0.280 e. The van der Waals surface area contributed by atoms with Crippen molar-refractivity contribution in [1.29, 1.82) is 0 Å². The first kappa shape index (κ1) is 27.9. The van der Waals surface area contributed by atoms with Gasteiger partial charge in [-0.2, -0.15) is 0 Å². The highest BCUT2D eigenvalue weighted by molar-refractivity contribution is 9.47. The van der Waals surface area contributed by atoms with Gasteiger partial charge in [-0.15, -0.1) is 0 Å². The van der Waals surface area contributed by atoms with E-state index in [-0.39, 0.29) is 16.0 Å². The topological polar surface area (TPSA) is 0 Å². The third-order valence-electron chi connectivity index (χ3n) is 4.84. The van der Waals surface area contributed by atoms with Gasteiger partial charge in [-0.1, -0.05) is 130 Å². The van der Waals surface area contributed by atoms with E-state index in [1.54, 1.807) is 0 Å². The molecule has 0 saturated heterocycles. The first-order chi connectivity index (χ1) is 11.8. The van der Waals surface area contributed by atoms with Crippen LogP contribution >= 0.6 is 25.8 Å². The molecule has 1 radical (unpaired) electrons. The lowest BCUT2D eigenvalue weighted by Gasteiger charge is -2.14. The SMILES string of the molecule is [Br][Mg][Br].[CH2]CC(CCCCCCCC)CCCCCCCCCC. The molecule has 0 N–H and O–H groups in total. The Hall–Kier alpha value is 1.73. The first-order valence-electron chi connectivity index (χ1n) is 10.7. The molecule has 0 fully saturated rings. The average Bonchev–Trinajstić information content (AvgIpc) is 2.59. The summed E-state index contributed by atoms with van der Waals surface area (Å²) in [6, 6.07) is 0. The zero-order chi connectivity index (χ0) is 18.3. The monoisotopic (exact) mass is 477 g/mol. The number of halogens is 2. The lowest BCUT2D eigenvalue weighted by molar-refractivity contribution is 0.404. The van der Waals surface area contributed by atoms with Crippen LogP contribution in [0.4, 0.5) is 0 Å². The molecule has 1 unspecified atom stereocenters. The lowest BCUT2D eigenvalue weighted by Crippen LogP contribution is -1.99. The fourth-order valence-electron chi connectivity index (χ4n) is 3.21. The maximum Gasteiger partial charge on any atom is 0.560 e. The summed E-state index contributed by atoms with van der Waals surface area (Å²) >= 11 is 6.44. The Kier molecular flexibility index (Phi) is 31.4. The Bertz CT molecular complexity index is 200. The van der Waals surface area contributed by atoms with Gasteiger partial charge in [0.25, 0.3) is 0 Å². The summed E-state index contributed by atoms with van der Waals surface area (Å²) in [5.41, 5.74) is 0. The third kappa shape index (κ3) is 26.0. The summed E-state index contributed by atoms with van der Waals surface area (Å²) in [5, 5.41) is 0. The third-order valence-corrected chi connectivity index (χ3v) is 4.84. The van der Waals surface area contributed by atoms with Crippen LogP contribution in [0.2, 0.25) is 0 Å². The molecule has 0 rings (SSSR count). The van der Waals surface area contributed by atoms with Crippen molar-refractivity contribution < 1.29 is 0 Å². The molecule has 143 valence electrons. The molecule has 0 aliphatic carbocycles. The summed E-state index contributed by atoms with van der Waals surface area (Å²) < 4.78 is 0. The number of hydrogen-bond donors (Lipinski definition) is 0. The van der Waals surface area contributed by atoms with Crippen LogP contribution in [-0.2, 0) is 0 Å². The van der Waals surface area contributed by atoms with Gasteiger partial charge in [0.05, 0.1) is 0 Å². The van der Waals surface area contributed by atoms with E-state index >= 15 is 0 Å². The van der Waals surface area contributed by atoms with Gasteiger partial charge in [0.15, 0.2) is 0 Å². The van der Waals surface area contributed by atoms with Gasteiger partial charge in [-0.05, 0) is 5.92 Å². The molecule has 24 heavy (non-hydrogen) atoms.